The predicted octanol–water partition coefficient (Wildman–Crippen LogP) is 9.95. The van der Waals surface area contributed by atoms with Gasteiger partial charge in [-0.15, -0.1) is 0 Å². The van der Waals surface area contributed by atoms with Crippen molar-refractivity contribution in [3.63, 3.8) is 0 Å². The summed E-state index contributed by atoms with van der Waals surface area (Å²) < 4.78 is 12.2. The molecule has 9 heteroatoms. The van der Waals surface area contributed by atoms with E-state index in [1.807, 2.05) is 36.4 Å². The molecule has 59 heavy (non-hydrogen) atoms. The number of carboxylic acid groups (broad SMARTS) is 2. The van der Waals surface area contributed by atoms with Crippen molar-refractivity contribution in [2.45, 2.75) is 231 Å². The molecule has 0 saturated heterocycles. The van der Waals surface area contributed by atoms with Crippen LogP contribution in [0, 0.1) is 0 Å². The zero-order valence-electron chi connectivity index (χ0n) is 37.3. The van der Waals surface area contributed by atoms with Crippen molar-refractivity contribution in [3.05, 3.63) is 71.8 Å². The van der Waals surface area contributed by atoms with Gasteiger partial charge in [-0.3, -0.25) is 0 Å². The van der Waals surface area contributed by atoms with Crippen molar-refractivity contribution in [1.29, 1.82) is 0 Å². The largest absolute Gasteiger partial charge is 2.00 e. The van der Waals surface area contributed by atoms with Gasteiger partial charge in [0.05, 0.1) is 37.6 Å². The van der Waals surface area contributed by atoms with Gasteiger partial charge in [0.25, 0.3) is 0 Å². The van der Waals surface area contributed by atoms with Crippen molar-refractivity contribution in [2.24, 2.45) is 0 Å². The van der Waals surface area contributed by atoms with E-state index in [1.165, 1.54) is 64.2 Å². The first-order valence-corrected chi connectivity index (χ1v) is 23.3. The van der Waals surface area contributed by atoms with E-state index in [9.17, 15) is 30.0 Å². The summed E-state index contributed by atoms with van der Waals surface area (Å²) in [7, 11) is 0. The number of hydrogen-bond donors (Lipinski definition) is 2. The average Bonchev–Trinajstić information content (AvgIpc) is 3.22. The molecule has 8 nitrogen and oxygen atoms in total. The molecule has 0 fully saturated rings. The van der Waals surface area contributed by atoms with Gasteiger partial charge in [0, 0.05) is 11.9 Å². The fraction of sp³-hybridized carbons (Fsp3) is 0.720. The average molecular weight is 949 g/mol. The summed E-state index contributed by atoms with van der Waals surface area (Å²) in [6.45, 7) is 5.42. The number of hydrogen-bond acceptors (Lipinski definition) is 8. The maximum atomic E-state index is 10.5. The number of unbranched alkanes of at least 4 members (excludes halogenated alkanes) is 18. The fourth-order valence-corrected chi connectivity index (χ4v) is 7.23. The van der Waals surface area contributed by atoms with Crippen LogP contribution in [0.5, 0.6) is 0 Å². The molecular formula is C50H82BaO8. The maximum absolute atomic E-state index is 10.5. The zero-order valence-corrected chi connectivity index (χ0v) is 41.8. The Balaban J connectivity index is 0.00000112. The number of carboxylic acids is 2. The summed E-state index contributed by atoms with van der Waals surface area (Å²) in [6.07, 6.45) is 27.1. The Kier molecular flexibility index (Phi) is 41.2. The van der Waals surface area contributed by atoms with E-state index in [1.54, 1.807) is 0 Å². The Morgan fingerprint density at radius 1 is 0.458 bits per heavy atom. The van der Waals surface area contributed by atoms with Crippen LogP contribution in [0.15, 0.2) is 60.7 Å². The molecule has 2 aromatic rings. The van der Waals surface area contributed by atoms with Crippen molar-refractivity contribution >= 4 is 60.8 Å². The molecule has 332 valence electrons. The smallest absolute Gasteiger partial charge is 0.550 e. The molecule has 0 spiro atoms. The van der Waals surface area contributed by atoms with Crippen molar-refractivity contribution < 1.29 is 39.5 Å². The Bertz CT molecular complexity index is 1110. The van der Waals surface area contributed by atoms with Gasteiger partial charge in [-0.05, 0) is 62.5 Å². The number of aliphatic hydroxyl groups excluding tert-OH is 2. The predicted molar refractivity (Wildman–Crippen MR) is 238 cm³/mol. The summed E-state index contributed by atoms with van der Waals surface area (Å²) >= 11 is 0. The molecule has 2 rings (SSSR count). The second kappa shape index (κ2) is 42.1. The molecule has 0 saturated carbocycles. The Labute approximate surface area is 400 Å². The Morgan fingerprint density at radius 3 is 1.03 bits per heavy atom. The molecule has 4 unspecified atom stereocenters. The van der Waals surface area contributed by atoms with E-state index in [4.69, 9.17) is 9.47 Å². The van der Waals surface area contributed by atoms with E-state index in [2.05, 4.69) is 38.1 Å². The number of carbonyl (C=O) groups excluding carboxylic acids is 2. The van der Waals surface area contributed by atoms with E-state index in [-0.39, 0.29) is 86.1 Å². The maximum Gasteiger partial charge on any atom is 2.00 e. The molecule has 0 aliphatic heterocycles. The Morgan fingerprint density at radius 2 is 0.746 bits per heavy atom. The third-order valence-electron chi connectivity index (χ3n) is 10.9. The van der Waals surface area contributed by atoms with Gasteiger partial charge in [0.2, 0.25) is 0 Å². The number of carbonyl (C=O) groups is 2. The minimum Gasteiger partial charge on any atom is -0.550 e. The van der Waals surface area contributed by atoms with Gasteiger partial charge < -0.3 is 39.5 Å². The minimum absolute atomic E-state index is 0. The Hall–Kier alpha value is -1.21. The number of aliphatic carboxylic acids is 2. The molecule has 4 atom stereocenters. The molecule has 0 bridgehead atoms. The van der Waals surface area contributed by atoms with Crippen molar-refractivity contribution in [1.82, 2.24) is 0 Å². The summed E-state index contributed by atoms with van der Waals surface area (Å²) in [4.78, 5) is 20.7. The second-order valence-electron chi connectivity index (χ2n) is 16.3. The molecule has 2 aromatic carbocycles. The van der Waals surface area contributed by atoms with Crippen LogP contribution in [0.1, 0.15) is 205 Å². The standard InChI is InChI=1S/2C25H42O4.Ba/c2*1-2-3-18-23(26)24(29-21-22-16-12-11-13-17-22)19-14-9-7-5-4-6-8-10-15-20-25(27)28;/h2*11-13,16-17,23-24,26H,2-10,14-15,18-21H2,1H3,(H,27,28);/q;;+2/p-2. The monoisotopic (exact) mass is 949 g/mol. The SMILES string of the molecule is CCCCC(O)C(CCCCCCCCCCCC(=O)[O-])OCc1ccccc1.CCCCC(O)C(CCCCCCCCCCCC(=O)[O-])OCc1ccccc1.[Ba+2]. The number of aliphatic hydroxyl groups is 2. The fourth-order valence-electron chi connectivity index (χ4n) is 7.23. The van der Waals surface area contributed by atoms with Gasteiger partial charge >= 0.3 is 48.9 Å². The third-order valence-corrected chi connectivity index (χ3v) is 10.9. The van der Waals surface area contributed by atoms with Crippen LogP contribution >= 0.6 is 0 Å². The van der Waals surface area contributed by atoms with Crippen LogP contribution < -0.4 is 10.2 Å². The molecule has 0 heterocycles. The minimum atomic E-state index is -0.934. The van der Waals surface area contributed by atoms with Crippen LogP contribution in [-0.2, 0) is 32.3 Å². The molecule has 0 radical (unpaired) electrons. The first kappa shape index (κ1) is 57.8. The van der Waals surface area contributed by atoms with Crippen LogP contribution in [-0.4, -0.2) is 95.4 Å². The third kappa shape index (κ3) is 36.0. The van der Waals surface area contributed by atoms with Crippen LogP contribution in [0.3, 0.4) is 0 Å². The molecule has 0 aromatic heterocycles. The van der Waals surface area contributed by atoms with E-state index in [0.29, 0.717) is 13.2 Å². The van der Waals surface area contributed by atoms with Crippen LogP contribution in [0.25, 0.3) is 0 Å². The topological polar surface area (TPSA) is 139 Å². The van der Waals surface area contributed by atoms with Gasteiger partial charge in [-0.2, -0.15) is 0 Å². The van der Waals surface area contributed by atoms with Gasteiger partial charge in [0.1, 0.15) is 0 Å². The summed E-state index contributed by atoms with van der Waals surface area (Å²) in [5.74, 6) is -1.87. The van der Waals surface area contributed by atoms with Crippen molar-refractivity contribution in [3.8, 4) is 0 Å². The molecular weight excluding hydrogens is 866 g/mol. The van der Waals surface area contributed by atoms with E-state index < -0.39 is 11.9 Å². The molecule has 0 amide bonds. The summed E-state index contributed by atoms with van der Waals surface area (Å²) in [5.41, 5.74) is 2.31. The van der Waals surface area contributed by atoms with Crippen molar-refractivity contribution in [2.75, 3.05) is 0 Å². The summed E-state index contributed by atoms with van der Waals surface area (Å²) in [5, 5.41) is 41.8. The van der Waals surface area contributed by atoms with Gasteiger partial charge in [-0.25, -0.2) is 0 Å². The van der Waals surface area contributed by atoms with Crippen LogP contribution in [0.4, 0.5) is 0 Å². The van der Waals surface area contributed by atoms with Crippen LogP contribution in [0.2, 0.25) is 0 Å². The second-order valence-corrected chi connectivity index (χ2v) is 16.3. The number of ether oxygens (including phenoxy) is 2. The van der Waals surface area contributed by atoms with Gasteiger partial charge in [-0.1, -0.05) is 203 Å². The molecule has 0 aliphatic rings. The van der Waals surface area contributed by atoms with E-state index in [0.717, 1.165) is 114 Å². The van der Waals surface area contributed by atoms with Gasteiger partial charge in [0.15, 0.2) is 0 Å². The first-order chi connectivity index (χ1) is 28.3. The molecule has 2 N–H and O–H groups in total. The quantitative estimate of drug-likeness (QED) is 0.0501. The van der Waals surface area contributed by atoms with E-state index >= 15 is 0 Å². The molecule has 0 aliphatic carbocycles. The number of benzene rings is 2. The number of rotatable bonds is 38. The zero-order chi connectivity index (χ0) is 42.3. The normalized spacial score (nSPS) is 13.1. The summed E-state index contributed by atoms with van der Waals surface area (Å²) in [6, 6.07) is 20.3. The first-order valence-electron chi connectivity index (χ1n) is 23.3.